The summed E-state index contributed by atoms with van der Waals surface area (Å²) in [6.45, 7) is 1.83. The molecule has 0 aromatic carbocycles. The largest absolute Gasteiger partial charge is 0.481 e. The smallest absolute Gasteiger partial charge is 0.303 e. The first-order valence-electron chi connectivity index (χ1n) is 9.16. The van der Waals surface area contributed by atoms with Crippen LogP contribution < -0.4 is 0 Å². The molecule has 4 rings (SSSR count). The van der Waals surface area contributed by atoms with E-state index in [0.29, 0.717) is 25.2 Å². The molecule has 3 heterocycles. The Labute approximate surface area is 150 Å². The minimum absolute atomic E-state index is 0.0597. The van der Waals surface area contributed by atoms with Crippen LogP contribution >= 0.6 is 0 Å². The highest BCUT2D eigenvalue weighted by molar-refractivity contribution is 5.93. The molecule has 0 unspecified atom stereocenters. The standard InChI is InChI=1S/C18H22N4O4/c23-16(24)7-6-12-10-13-11-21(8-3-9-22(13)19-12)18(25)17-14-4-1-2-5-15(14)26-20-17/h10H,1-9,11H2,(H,23,24). The second-order valence-corrected chi connectivity index (χ2v) is 6.96. The van der Waals surface area contributed by atoms with Crippen LogP contribution in [0.4, 0.5) is 0 Å². The third kappa shape index (κ3) is 3.23. The van der Waals surface area contributed by atoms with Crippen LogP contribution in [0.25, 0.3) is 0 Å². The average Bonchev–Trinajstić information content (AvgIpc) is 3.17. The van der Waals surface area contributed by atoms with Gasteiger partial charge in [0.2, 0.25) is 0 Å². The van der Waals surface area contributed by atoms with Gasteiger partial charge in [0.05, 0.1) is 24.4 Å². The zero-order valence-electron chi connectivity index (χ0n) is 14.6. The monoisotopic (exact) mass is 358 g/mol. The van der Waals surface area contributed by atoms with Gasteiger partial charge in [0, 0.05) is 31.5 Å². The molecule has 2 aromatic rings. The van der Waals surface area contributed by atoms with E-state index in [9.17, 15) is 9.59 Å². The number of nitrogens with zero attached hydrogens (tertiary/aromatic N) is 4. The molecule has 0 bridgehead atoms. The first-order chi connectivity index (χ1) is 12.6. The molecule has 1 aliphatic heterocycles. The highest BCUT2D eigenvalue weighted by Crippen LogP contribution is 2.26. The summed E-state index contributed by atoms with van der Waals surface area (Å²) in [5.41, 5.74) is 3.13. The van der Waals surface area contributed by atoms with Crippen molar-refractivity contribution in [2.45, 2.75) is 58.0 Å². The van der Waals surface area contributed by atoms with Crippen molar-refractivity contribution in [3.8, 4) is 0 Å². The summed E-state index contributed by atoms with van der Waals surface area (Å²) < 4.78 is 7.28. The first-order valence-corrected chi connectivity index (χ1v) is 9.16. The summed E-state index contributed by atoms with van der Waals surface area (Å²) in [7, 11) is 0. The van der Waals surface area contributed by atoms with E-state index in [1.807, 2.05) is 10.7 Å². The predicted octanol–water partition coefficient (Wildman–Crippen LogP) is 1.81. The zero-order valence-corrected chi connectivity index (χ0v) is 14.6. The van der Waals surface area contributed by atoms with Gasteiger partial charge in [-0.2, -0.15) is 5.10 Å². The fraction of sp³-hybridized carbons (Fsp3) is 0.556. The van der Waals surface area contributed by atoms with E-state index in [0.717, 1.165) is 61.4 Å². The van der Waals surface area contributed by atoms with Crippen molar-refractivity contribution in [1.29, 1.82) is 0 Å². The fourth-order valence-corrected chi connectivity index (χ4v) is 3.75. The van der Waals surface area contributed by atoms with Crippen LogP contribution in [0.15, 0.2) is 10.6 Å². The third-order valence-corrected chi connectivity index (χ3v) is 5.10. The van der Waals surface area contributed by atoms with Gasteiger partial charge in [0.1, 0.15) is 5.76 Å². The maximum absolute atomic E-state index is 13.0. The van der Waals surface area contributed by atoms with Crippen LogP contribution in [0.2, 0.25) is 0 Å². The maximum atomic E-state index is 13.0. The highest BCUT2D eigenvalue weighted by atomic mass is 16.5. The van der Waals surface area contributed by atoms with Crippen LogP contribution in [-0.4, -0.2) is 43.4 Å². The molecule has 0 fully saturated rings. The number of fused-ring (bicyclic) bond motifs is 2. The predicted molar refractivity (Wildman–Crippen MR) is 90.7 cm³/mol. The summed E-state index contributed by atoms with van der Waals surface area (Å²) in [5.74, 6) is -0.0603. The van der Waals surface area contributed by atoms with Gasteiger partial charge in [0.25, 0.3) is 5.91 Å². The van der Waals surface area contributed by atoms with Crippen molar-refractivity contribution in [2.75, 3.05) is 6.54 Å². The quantitative estimate of drug-likeness (QED) is 0.894. The minimum Gasteiger partial charge on any atom is -0.481 e. The van der Waals surface area contributed by atoms with Crippen molar-refractivity contribution in [3.05, 3.63) is 34.5 Å². The van der Waals surface area contributed by atoms with Crippen molar-refractivity contribution >= 4 is 11.9 Å². The zero-order chi connectivity index (χ0) is 18.1. The minimum atomic E-state index is -0.833. The molecule has 8 nitrogen and oxygen atoms in total. The Kier molecular flexibility index (Phi) is 4.48. The Morgan fingerprint density at radius 1 is 1.19 bits per heavy atom. The van der Waals surface area contributed by atoms with Gasteiger partial charge in [0.15, 0.2) is 5.69 Å². The number of carbonyl (C=O) groups is 2. The van der Waals surface area contributed by atoms with Gasteiger partial charge in [-0.3, -0.25) is 14.3 Å². The van der Waals surface area contributed by atoms with Crippen LogP contribution in [0.1, 0.15) is 58.9 Å². The van der Waals surface area contributed by atoms with Gasteiger partial charge < -0.3 is 14.5 Å². The SMILES string of the molecule is O=C(O)CCc1cc2n(n1)CCCN(C(=O)c1noc3c1CCCC3)C2. The Bertz CT molecular complexity index is 838. The van der Waals surface area contributed by atoms with Gasteiger partial charge in [-0.1, -0.05) is 5.16 Å². The van der Waals surface area contributed by atoms with Crippen LogP contribution in [0, 0.1) is 0 Å². The number of carbonyl (C=O) groups excluding carboxylic acids is 1. The molecule has 1 N–H and O–H groups in total. The molecule has 0 radical (unpaired) electrons. The molecule has 0 spiro atoms. The maximum Gasteiger partial charge on any atom is 0.303 e. The summed E-state index contributed by atoms with van der Waals surface area (Å²) in [4.78, 5) is 25.6. The van der Waals surface area contributed by atoms with E-state index in [1.54, 1.807) is 4.90 Å². The van der Waals surface area contributed by atoms with E-state index < -0.39 is 5.97 Å². The number of carboxylic acids is 1. The van der Waals surface area contributed by atoms with E-state index in [1.165, 1.54) is 0 Å². The summed E-state index contributed by atoms with van der Waals surface area (Å²) in [6.07, 6.45) is 5.12. The van der Waals surface area contributed by atoms with Gasteiger partial charge in [-0.15, -0.1) is 0 Å². The number of rotatable bonds is 4. The molecule has 1 amide bonds. The second-order valence-electron chi connectivity index (χ2n) is 6.96. The molecule has 26 heavy (non-hydrogen) atoms. The topological polar surface area (TPSA) is 101 Å². The van der Waals surface area contributed by atoms with Crippen molar-refractivity contribution in [1.82, 2.24) is 19.8 Å². The average molecular weight is 358 g/mol. The van der Waals surface area contributed by atoms with Crippen molar-refractivity contribution in [2.24, 2.45) is 0 Å². The number of aromatic nitrogens is 3. The van der Waals surface area contributed by atoms with E-state index >= 15 is 0 Å². The molecule has 138 valence electrons. The lowest BCUT2D eigenvalue weighted by Crippen LogP contribution is -2.31. The van der Waals surface area contributed by atoms with Crippen molar-refractivity contribution in [3.63, 3.8) is 0 Å². The number of hydrogen-bond acceptors (Lipinski definition) is 5. The third-order valence-electron chi connectivity index (χ3n) is 5.10. The first kappa shape index (κ1) is 16.8. The molecule has 0 atom stereocenters. The van der Waals surface area contributed by atoms with Crippen LogP contribution in [-0.2, 0) is 37.1 Å². The summed E-state index contributed by atoms with van der Waals surface area (Å²) in [5, 5.41) is 17.4. The lowest BCUT2D eigenvalue weighted by molar-refractivity contribution is -0.136. The normalized spacial score (nSPS) is 16.7. The number of aryl methyl sites for hydroxylation is 3. The summed E-state index contributed by atoms with van der Waals surface area (Å²) in [6, 6.07) is 1.91. The molecule has 8 heteroatoms. The van der Waals surface area contributed by atoms with Crippen LogP contribution in [0.3, 0.4) is 0 Å². The van der Waals surface area contributed by atoms with Gasteiger partial charge in [-0.05, 0) is 31.7 Å². The number of aliphatic carboxylic acids is 1. The number of carboxylic acid groups (broad SMARTS) is 1. The molecule has 1 aliphatic carbocycles. The summed E-state index contributed by atoms with van der Waals surface area (Å²) >= 11 is 0. The Morgan fingerprint density at radius 3 is 2.88 bits per heavy atom. The second kappa shape index (κ2) is 6.93. The van der Waals surface area contributed by atoms with Crippen molar-refractivity contribution < 1.29 is 19.2 Å². The number of amides is 1. The highest BCUT2D eigenvalue weighted by Gasteiger charge is 2.29. The van der Waals surface area contributed by atoms with E-state index in [4.69, 9.17) is 9.63 Å². The Hall–Kier alpha value is -2.64. The molecular weight excluding hydrogens is 336 g/mol. The van der Waals surface area contributed by atoms with Crippen LogP contribution in [0.5, 0.6) is 0 Å². The van der Waals surface area contributed by atoms with E-state index in [2.05, 4.69) is 10.3 Å². The molecule has 0 saturated carbocycles. The van der Waals surface area contributed by atoms with Gasteiger partial charge in [-0.25, -0.2) is 0 Å². The number of hydrogen-bond donors (Lipinski definition) is 1. The molecular formula is C18H22N4O4. The lowest BCUT2D eigenvalue weighted by atomic mass is 9.96. The molecule has 2 aromatic heterocycles. The fourth-order valence-electron chi connectivity index (χ4n) is 3.75. The van der Waals surface area contributed by atoms with E-state index in [-0.39, 0.29) is 12.3 Å². The molecule has 2 aliphatic rings. The Balaban J connectivity index is 1.52. The molecule has 0 saturated heterocycles. The Morgan fingerprint density at radius 2 is 2.04 bits per heavy atom. The van der Waals surface area contributed by atoms with Gasteiger partial charge >= 0.3 is 5.97 Å². The lowest BCUT2D eigenvalue weighted by Gasteiger charge is -2.19.